The Morgan fingerprint density at radius 1 is 1.27 bits per heavy atom. The molecule has 0 amide bonds. The Morgan fingerprint density at radius 2 is 1.82 bits per heavy atom. The molecule has 1 radical (unpaired) electrons. The van der Waals surface area contributed by atoms with Gasteiger partial charge in [-0.3, -0.25) is 0 Å². The van der Waals surface area contributed by atoms with Crippen molar-refractivity contribution in [1.29, 1.82) is 0 Å². The zero-order valence-electron chi connectivity index (χ0n) is 6.78. The van der Waals surface area contributed by atoms with E-state index in [0.29, 0.717) is 0 Å². The number of nitrogens with zero attached hydrogens (tertiary/aromatic N) is 1. The van der Waals surface area contributed by atoms with Crippen LogP contribution in [0, 0.1) is 6.07 Å². The van der Waals surface area contributed by atoms with Crippen molar-refractivity contribution in [3.8, 4) is 0 Å². The van der Waals surface area contributed by atoms with Crippen molar-refractivity contribution in [2.24, 2.45) is 0 Å². The first-order valence-corrected chi connectivity index (χ1v) is 3.39. The van der Waals surface area contributed by atoms with Gasteiger partial charge in [-0.05, 0) is 25.7 Å². The molecule has 0 bridgehead atoms. The van der Waals surface area contributed by atoms with Crippen molar-refractivity contribution in [2.45, 2.75) is 6.54 Å². The Labute approximate surface area is 78.3 Å². The smallest absolute Gasteiger partial charge is 0.0227 e. The normalized spacial score (nSPS) is 9.36. The molecule has 0 aliphatic heterocycles. The molecular weight excluding hydrogens is 181 g/mol. The molecule has 11 heavy (non-hydrogen) atoms. The summed E-state index contributed by atoms with van der Waals surface area (Å²) in [5, 5.41) is 0. The zero-order chi connectivity index (χ0) is 7.40. The van der Waals surface area contributed by atoms with Gasteiger partial charge >= 0.3 is 0 Å². The van der Waals surface area contributed by atoms with Crippen LogP contribution in [0.4, 0.5) is 0 Å². The Hall–Kier alpha value is -0.326. The summed E-state index contributed by atoms with van der Waals surface area (Å²) in [7, 11) is 4.13. The van der Waals surface area contributed by atoms with Crippen molar-refractivity contribution in [3.63, 3.8) is 0 Å². The summed E-state index contributed by atoms with van der Waals surface area (Å²) in [6.45, 7) is 1.01. The molecule has 1 nitrogen and oxygen atoms in total. The number of hydrogen-bond acceptors (Lipinski definition) is 1. The van der Waals surface area contributed by atoms with Crippen molar-refractivity contribution >= 4 is 0 Å². The molecule has 0 saturated carbocycles. The maximum absolute atomic E-state index is 2.99. The number of benzene rings is 1. The van der Waals surface area contributed by atoms with E-state index in [1.54, 1.807) is 0 Å². The first-order valence-electron chi connectivity index (χ1n) is 3.39. The summed E-state index contributed by atoms with van der Waals surface area (Å²) < 4.78 is 0. The summed E-state index contributed by atoms with van der Waals surface area (Å²) >= 11 is 0. The van der Waals surface area contributed by atoms with Crippen molar-refractivity contribution in [1.82, 2.24) is 4.90 Å². The Kier molecular flexibility index (Phi) is 5.18. The van der Waals surface area contributed by atoms with E-state index >= 15 is 0 Å². The quantitative estimate of drug-likeness (QED) is 0.643. The van der Waals surface area contributed by atoms with E-state index in [-0.39, 0.29) is 16.5 Å². The first kappa shape index (κ1) is 10.7. The van der Waals surface area contributed by atoms with Crippen LogP contribution >= 0.6 is 0 Å². The van der Waals surface area contributed by atoms with Gasteiger partial charge in [-0.15, -0.1) is 0 Å². The molecule has 0 aliphatic carbocycles. The van der Waals surface area contributed by atoms with Crippen LogP contribution in [0.2, 0.25) is 0 Å². The SMILES string of the molecule is CN(C)Cc1cc[c]cc1.[Ni]. The molecule has 0 unspecified atom stereocenters. The first-order chi connectivity index (χ1) is 4.79. The summed E-state index contributed by atoms with van der Waals surface area (Å²) in [6, 6.07) is 11.0. The summed E-state index contributed by atoms with van der Waals surface area (Å²) in [5.41, 5.74) is 1.34. The number of hydrogen-bond donors (Lipinski definition) is 0. The summed E-state index contributed by atoms with van der Waals surface area (Å²) in [4.78, 5) is 2.15. The van der Waals surface area contributed by atoms with E-state index in [1.807, 2.05) is 12.1 Å². The maximum Gasteiger partial charge on any atom is 0.0227 e. The third kappa shape index (κ3) is 4.18. The van der Waals surface area contributed by atoms with Gasteiger partial charge in [0.1, 0.15) is 0 Å². The standard InChI is InChI=1S/C9H12N.Ni/c1-10(2)8-9-6-4-3-5-7-9;/h4-7H,8H2,1-2H3;. The third-order valence-corrected chi connectivity index (χ3v) is 1.29. The van der Waals surface area contributed by atoms with Gasteiger partial charge in [-0.2, -0.15) is 0 Å². The minimum absolute atomic E-state index is 0. The van der Waals surface area contributed by atoms with E-state index in [2.05, 4.69) is 37.2 Å². The van der Waals surface area contributed by atoms with Gasteiger partial charge in [0, 0.05) is 23.0 Å². The maximum atomic E-state index is 2.99. The van der Waals surface area contributed by atoms with E-state index in [4.69, 9.17) is 0 Å². The third-order valence-electron chi connectivity index (χ3n) is 1.29. The number of rotatable bonds is 2. The van der Waals surface area contributed by atoms with Crippen molar-refractivity contribution < 1.29 is 16.5 Å². The predicted octanol–water partition coefficient (Wildman–Crippen LogP) is 1.55. The molecule has 0 fully saturated rings. The summed E-state index contributed by atoms with van der Waals surface area (Å²) in [5.74, 6) is 0. The molecule has 63 valence electrons. The molecule has 1 rings (SSSR count). The minimum atomic E-state index is 0. The fourth-order valence-electron chi connectivity index (χ4n) is 0.892. The molecule has 1 aromatic carbocycles. The van der Waals surface area contributed by atoms with Crippen LogP contribution in [0.15, 0.2) is 24.3 Å². The van der Waals surface area contributed by atoms with Crippen LogP contribution in [0.3, 0.4) is 0 Å². The monoisotopic (exact) mass is 192 g/mol. The Balaban J connectivity index is 0.000001000. The van der Waals surface area contributed by atoms with Crippen molar-refractivity contribution in [2.75, 3.05) is 14.1 Å². The van der Waals surface area contributed by atoms with E-state index in [9.17, 15) is 0 Å². The molecule has 0 N–H and O–H groups in total. The molecule has 1 aromatic rings. The second kappa shape index (κ2) is 5.34. The molecule has 2 heteroatoms. The van der Waals surface area contributed by atoms with Crippen LogP contribution in [0.5, 0.6) is 0 Å². The van der Waals surface area contributed by atoms with Crippen molar-refractivity contribution in [3.05, 3.63) is 35.9 Å². The second-order valence-electron chi connectivity index (χ2n) is 2.65. The van der Waals surface area contributed by atoms with Gasteiger partial charge in [-0.25, -0.2) is 0 Å². The molecule has 0 heterocycles. The van der Waals surface area contributed by atoms with E-state index in [0.717, 1.165) is 6.54 Å². The largest absolute Gasteiger partial charge is 0.305 e. The van der Waals surface area contributed by atoms with E-state index < -0.39 is 0 Å². The zero-order valence-corrected chi connectivity index (χ0v) is 7.77. The van der Waals surface area contributed by atoms with Gasteiger partial charge in [0.05, 0.1) is 0 Å². The Morgan fingerprint density at radius 3 is 2.27 bits per heavy atom. The van der Waals surface area contributed by atoms with Gasteiger partial charge in [-0.1, -0.05) is 24.3 Å². The molecular formula is C9H12NNi. The van der Waals surface area contributed by atoms with Gasteiger partial charge in [0.2, 0.25) is 0 Å². The van der Waals surface area contributed by atoms with Crippen LogP contribution < -0.4 is 0 Å². The molecule has 0 aromatic heterocycles. The van der Waals surface area contributed by atoms with Gasteiger partial charge < -0.3 is 4.90 Å². The fraction of sp³-hybridized carbons (Fsp3) is 0.333. The second-order valence-corrected chi connectivity index (χ2v) is 2.65. The van der Waals surface area contributed by atoms with Crippen LogP contribution in [0.25, 0.3) is 0 Å². The van der Waals surface area contributed by atoms with Crippen LogP contribution in [-0.4, -0.2) is 19.0 Å². The Bertz CT molecular complexity index is 184. The van der Waals surface area contributed by atoms with E-state index in [1.165, 1.54) is 5.56 Å². The molecule has 0 atom stereocenters. The molecule has 0 saturated heterocycles. The summed E-state index contributed by atoms with van der Waals surface area (Å²) in [6.07, 6.45) is 0. The van der Waals surface area contributed by atoms with Crippen LogP contribution in [0.1, 0.15) is 5.56 Å². The molecule has 0 aliphatic rings. The van der Waals surface area contributed by atoms with Gasteiger partial charge in [0.25, 0.3) is 0 Å². The fourth-order valence-corrected chi connectivity index (χ4v) is 0.892. The average molecular weight is 193 g/mol. The average Bonchev–Trinajstić information content (AvgIpc) is 1.88. The van der Waals surface area contributed by atoms with Crippen LogP contribution in [-0.2, 0) is 23.0 Å². The minimum Gasteiger partial charge on any atom is -0.305 e. The topological polar surface area (TPSA) is 3.24 Å². The van der Waals surface area contributed by atoms with Gasteiger partial charge in [0.15, 0.2) is 0 Å². The predicted molar refractivity (Wildman–Crippen MR) is 42.7 cm³/mol. The molecule has 0 spiro atoms.